The molecule has 1 N–H and O–H groups in total. The Morgan fingerprint density at radius 2 is 1.71 bits per heavy atom. The van der Waals surface area contributed by atoms with Gasteiger partial charge in [0.2, 0.25) is 0 Å². The van der Waals surface area contributed by atoms with Gasteiger partial charge in [0.15, 0.2) is 11.9 Å². The molecule has 0 unspecified atom stereocenters. The summed E-state index contributed by atoms with van der Waals surface area (Å²) in [4.78, 5) is 28.7. The average Bonchev–Trinajstić information content (AvgIpc) is 2.80. The van der Waals surface area contributed by atoms with Gasteiger partial charge in [-0.1, -0.05) is 42.5 Å². The van der Waals surface area contributed by atoms with Gasteiger partial charge in [0.25, 0.3) is 5.56 Å². The van der Waals surface area contributed by atoms with Gasteiger partial charge in [-0.2, -0.15) is 9.78 Å². The lowest BCUT2D eigenvalue weighted by Crippen LogP contribution is -2.22. The standard InChI is InChI=1S/C24H19N3O4/c1-16(24(29)30)31-19-13-11-17(12-14-19)15-25-27-22(18-7-3-2-4-8-18)26-21-10-6-5-9-20(21)23(27)28/h2-16H,1H3,(H,29,30)/t16-/m1/s1. The molecular formula is C24H19N3O4. The van der Waals surface area contributed by atoms with Crippen LogP contribution in [-0.4, -0.2) is 33.1 Å². The number of aliphatic carboxylic acids is 1. The van der Waals surface area contributed by atoms with Gasteiger partial charge >= 0.3 is 5.97 Å². The highest BCUT2D eigenvalue weighted by atomic mass is 16.5. The fourth-order valence-corrected chi connectivity index (χ4v) is 3.02. The highest BCUT2D eigenvalue weighted by Crippen LogP contribution is 2.19. The van der Waals surface area contributed by atoms with E-state index < -0.39 is 12.1 Å². The Morgan fingerprint density at radius 1 is 1.03 bits per heavy atom. The number of aromatic nitrogens is 2. The van der Waals surface area contributed by atoms with E-state index in [1.54, 1.807) is 48.7 Å². The van der Waals surface area contributed by atoms with Crippen molar-refractivity contribution in [3.05, 3.63) is 94.8 Å². The summed E-state index contributed by atoms with van der Waals surface area (Å²) in [6.45, 7) is 1.46. The molecule has 7 heteroatoms. The number of fused-ring (bicyclic) bond motifs is 1. The average molecular weight is 413 g/mol. The molecule has 1 aromatic heterocycles. The number of rotatable bonds is 6. The normalized spacial score (nSPS) is 12.2. The van der Waals surface area contributed by atoms with E-state index >= 15 is 0 Å². The zero-order chi connectivity index (χ0) is 21.8. The molecule has 0 aliphatic rings. The van der Waals surface area contributed by atoms with Crippen LogP contribution in [0.25, 0.3) is 22.3 Å². The molecule has 154 valence electrons. The monoisotopic (exact) mass is 413 g/mol. The molecule has 0 fully saturated rings. The lowest BCUT2D eigenvalue weighted by molar-refractivity contribution is -0.144. The summed E-state index contributed by atoms with van der Waals surface area (Å²) in [5.41, 5.74) is 1.83. The van der Waals surface area contributed by atoms with Crippen molar-refractivity contribution in [2.45, 2.75) is 13.0 Å². The second-order valence-corrected chi connectivity index (χ2v) is 6.85. The van der Waals surface area contributed by atoms with Crippen molar-refractivity contribution in [2.24, 2.45) is 5.10 Å². The number of carboxylic acid groups (broad SMARTS) is 1. The summed E-state index contributed by atoms with van der Waals surface area (Å²) in [6.07, 6.45) is 0.601. The topological polar surface area (TPSA) is 93.8 Å². The van der Waals surface area contributed by atoms with Gasteiger partial charge in [0.1, 0.15) is 5.75 Å². The third-order valence-electron chi connectivity index (χ3n) is 4.65. The summed E-state index contributed by atoms with van der Waals surface area (Å²) < 4.78 is 6.61. The first-order valence-electron chi connectivity index (χ1n) is 9.64. The van der Waals surface area contributed by atoms with Crippen molar-refractivity contribution in [3.8, 4) is 17.1 Å². The smallest absolute Gasteiger partial charge is 0.344 e. The van der Waals surface area contributed by atoms with Crippen LogP contribution in [0.3, 0.4) is 0 Å². The van der Waals surface area contributed by atoms with Crippen LogP contribution in [0, 0.1) is 0 Å². The van der Waals surface area contributed by atoms with Crippen LogP contribution in [0.15, 0.2) is 88.8 Å². The van der Waals surface area contributed by atoms with E-state index in [0.717, 1.165) is 11.1 Å². The van der Waals surface area contributed by atoms with E-state index in [1.807, 2.05) is 36.4 Å². The first-order valence-corrected chi connectivity index (χ1v) is 9.64. The van der Waals surface area contributed by atoms with Gasteiger partial charge in [-0.25, -0.2) is 9.78 Å². The largest absolute Gasteiger partial charge is 0.479 e. The molecule has 0 radical (unpaired) electrons. The minimum absolute atomic E-state index is 0.268. The lowest BCUT2D eigenvalue weighted by Gasteiger charge is -2.10. The third kappa shape index (κ3) is 4.35. The van der Waals surface area contributed by atoms with Gasteiger partial charge in [0, 0.05) is 5.56 Å². The molecule has 3 aromatic carbocycles. The highest BCUT2D eigenvalue weighted by molar-refractivity contribution is 5.82. The maximum atomic E-state index is 13.1. The zero-order valence-corrected chi connectivity index (χ0v) is 16.7. The predicted octanol–water partition coefficient (Wildman–Crippen LogP) is 3.80. The summed E-state index contributed by atoms with van der Waals surface area (Å²) in [5, 5.41) is 13.8. The molecule has 31 heavy (non-hydrogen) atoms. The Bertz CT molecular complexity index is 1310. The van der Waals surface area contributed by atoms with Gasteiger partial charge in [0.05, 0.1) is 17.1 Å². The predicted molar refractivity (Wildman–Crippen MR) is 119 cm³/mol. The van der Waals surface area contributed by atoms with Gasteiger partial charge < -0.3 is 9.84 Å². The van der Waals surface area contributed by atoms with Crippen molar-refractivity contribution < 1.29 is 14.6 Å². The summed E-state index contributed by atoms with van der Waals surface area (Å²) >= 11 is 0. The Hall–Kier alpha value is -4.26. The summed E-state index contributed by atoms with van der Waals surface area (Å²) in [5.74, 6) is -0.167. The van der Waals surface area contributed by atoms with Crippen LogP contribution in [0.1, 0.15) is 12.5 Å². The maximum Gasteiger partial charge on any atom is 0.344 e. The fraction of sp³-hybridized carbons (Fsp3) is 0.0833. The van der Waals surface area contributed by atoms with Crippen LogP contribution in [0.2, 0.25) is 0 Å². The fourth-order valence-electron chi connectivity index (χ4n) is 3.02. The molecule has 0 saturated carbocycles. The molecule has 0 saturated heterocycles. The number of ether oxygens (including phenoxy) is 1. The van der Waals surface area contributed by atoms with Crippen molar-refractivity contribution in [3.63, 3.8) is 0 Å². The van der Waals surface area contributed by atoms with Crippen LogP contribution in [0.5, 0.6) is 5.75 Å². The second-order valence-electron chi connectivity index (χ2n) is 6.85. The van der Waals surface area contributed by atoms with Crippen molar-refractivity contribution in [1.82, 2.24) is 9.66 Å². The van der Waals surface area contributed by atoms with Crippen LogP contribution >= 0.6 is 0 Å². The zero-order valence-electron chi connectivity index (χ0n) is 16.7. The first kappa shape index (κ1) is 20.0. The van der Waals surface area contributed by atoms with Crippen molar-refractivity contribution in [1.29, 1.82) is 0 Å². The van der Waals surface area contributed by atoms with Crippen LogP contribution in [-0.2, 0) is 4.79 Å². The Kier molecular flexibility index (Phi) is 5.57. The van der Waals surface area contributed by atoms with Gasteiger partial charge in [-0.05, 0) is 48.9 Å². The Labute approximate surface area is 177 Å². The van der Waals surface area contributed by atoms with Crippen molar-refractivity contribution in [2.75, 3.05) is 0 Å². The van der Waals surface area contributed by atoms with Crippen molar-refractivity contribution >= 4 is 23.1 Å². The Balaban J connectivity index is 1.72. The molecule has 4 aromatic rings. The molecule has 1 heterocycles. The van der Waals surface area contributed by atoms with Crippen LogP contribution < -0.4 is 10.3 Å². The molecule has 0 aliphatic carbocycles. The maximum absolute atomic E-state index is 13.1. The van der Waals surface area contributed by atoms with E-state index in [-0.39, 0.29) is 5.56 Å². The second kappa shape index (κ2) is 8.62. The first-order chi connectivity index (χ1) is 15.0. The number of para-hydroxylation sites is 1. The minimum Gasteiger partial charge on any atom is -0.479 e. The third-order valence-corrected chi connectivity index (χ3v) is 4.65. The lowest BCUT2D eigenvalue weighted by atomic mass is 10.2. The summed E-state index contributed by atoms with van der Waals surface area (Å²) in [6, 6.07) is 23.3. The van der Waals surface area contributed by atoms with E-state index in [4.69, 9.17) is 9.84 Å². The van der Waals surface area contributed by atoms with E-state index in [9.17, 15) is 9.59 Å². The number of benzene rings is 3. The number of carboxylic acids is 1. The molecule has 0 bridgehead atoms. The van der Waals surface area contributed by atoms with E-state index in [1.165, 1.54) is 11.6 Å². The van der Waals surface area contributed by atoms with E-state index in [2.05, 4.69) is 10.1 Å². The molecular weight excluding hydrogens is 394 g/mol. The summed E-state index contributed by atoms with van der Waals surface area (Å²) in [7, 11) is 0. The number of hydrogen-bond acceptors (Lipinski definition) is 5. The number of hydrogen-bond donors (Lipinski definition) is 1. The number of carbonyl (C=O) groups is 1. The molecule has 4 rings (SSSR count). The number of nitrogens with zero attached hydrogens (tertiary/aromatic N) is 3. The van der Waals surface area contributed by atoms with Gasteiger partial charge in [-0.3, -0.25) is 4.79 Å². The molecule has 7 nitrogen and oxygen atoms in total. The molecule has 0 aliphatic heterocycles. The SMILES string of the molecule is C[C@@H](Oc1ccc(C=Nn2c(-c3ccccc3)nc3ccccc3c2=O)cc1)C(=O)O. The Morgan fingerprint density at radius 3 is 2.42 bits per heavy atom. The molecule has 0 spiro atoms. The minimum atomic E-state index is -1.04. The molecule has 1 atom stereocenters. The quantitative estimate of drug-likeness (QED) is 0.485. The van der Waals surface area contributed by atoms with Gasteiger partial charge in [-0.15, -0.1) is 0 Å². The highest BCUT2D eigenvalue weighted by Gasteiger charge is 2.13. The van der Waals surface area contributed by atoms with E-state index in [0.29, 0.717) is 22.5 Å². The molecule has 0 amide bonds. The van der Waals surface area contributed by atoms with Crippen LogP contribution in [0.4, 0.5) is 0 Å².